The minimum absolute atomic E-state index is 0.00849. The summed E-state index contributed by atoms with van der Waals surface area (Å²) in [6.45, 7) is 11.9. The lowest BCUT2D eigenvalue weighted by Gasteiger charge is -2.32. The van der Waals surface area contributed by atoms with Crippen molar-refractivity contribution in [1.29, 1.82) is 0 Å². The second-order valence-electron chi connectivity index (χ2n) is 9.74. The number of aromatic nitrogens is 1. The Balaban J connectivity index is 1.45. The van der Waals surface area contributed by atoms with Crippen LogP contribution in [0.3, 0.4) is 0 Å². The minimum Gasteiger partial charge on any atom is -0.399 e. The van der Waals surface area contributed by atoms with Gasteiger partial charge in [0.25, 0.3) is 5.91 Å². The maximum absolute atomic E-state index is 12.8. The van der Waals surface area contributed by atoms with Crippen LogP contribution in [0.4, 0.5) is 10.5 Å². The number of likely N-dealkylation sites (N-methyl/N-ethyl adjacent to an activating group) is 1. The zero-order chi connectivity index (χ0) is 24.0. The third kappa shape index (κ3) is 4.47. The van der Waals surface area contributed by atoms with Crippen LogP contribution in [-0.2, 0) is 15.9 Å². The maximum atomic E-state index is 12.8. The molecule has 0 spiro atoms. The van der Waals surface area contributed by atoms with E-state index in [0.717, 1.165) is 23.1 Å². The van der Waals surface area contributed by atoms with E-state index in [0.29, 0.717) is 24.5 Å². The molecule has 0 radical (unpaired) electrons. The molecule has 9 heteroatoms. The number of amides is 3. The highest BCUT2D eigenvalue weighted by molar-refractivity contribution is 6.62. The first-order chi connectivity index (χ1) is 15.5. The predicted molar refractivity (Wildman–Crippen MR) is 128 cm³/mol. The monoisotopic (exact) mass is 450 g/mol. The highest BCUT2D eigenvalue weighted by atomic mass is 16.7. The summed E-state index contributed by atoms with van der Waals surface area (Å²) in [5.74, 6) is -0.298. The molecule has 0 aliphatic carbocycles. The lowest BCUT2D eigenvalue weighted by atomic mass is 9.76. The van der Waals surface area contributed by atoms with Crippen LogP contribution >= 0.6 is 0 Å². The second kappa shape index (κ2) is 8.46. The summed E-state index contributed by atoms with van der Waals surface area (Å²) in [4.78, 5) is 32.7. The number of benzene rings is 1. The van der Waals surface area contributed by atoms with Crippen LogP contribution < -0.4 is 10.8 Å². The lowest BCUT2D eigenvalue weighted by Crippen LogP contribution is -2.41. The molecule has 4 rings (SSSR count). The van der Waals surface area contributed by atoms with Crippen molar-refractivity contribution in [2.24, 2.45) is 0 Å². The average Bonchev–Trinajstić information content (AvgIpc) is 3.18. The van der Waals surface area contributed by atoms with Crippen molar-refractivity contribution >= 4 is 30.2 Å². The number of nitrogens with zero attached hydrogens (tertiary/aromatic N) is 3. The number of carbonyl (C=O) groups excluding carboxylic acids is 2. The van der Waals surface area contributed by atoms with E-state index in [1.54, 1.807) is 29.1 Å². The molecule has 1 aromatic carbocycles. The number of carbonyl (C=O) groups is 2. The molecule has 174 valence electrons. The van der Waals surface area contributed by atoms with E-state index in [1.165, 1.54) is 0 Å². The van der Waals surface area contributed by atoms with E-state index < -0.39 is 18.3 Å². The van der Waals surface area contributed by atoms with Crippen LogP contribution in [0.25, 0.3) is 0 Å². The third-order valence-corrected chi connectivity index (χ3v) is 6.86. The highest BCUT2D eigenvalue weighted by Crippen LogP contribution is 2.37. The quantitative estimate of drug-likeness (QED) is 0.709. The Morgan fingerprint density at radius 2 is 1.82 bits per heavy atom. The van der Waals surface area contributed by atoms with Gasteiger partial charge < -0.3 is 24.4 Å². The second-order valence-corrected chi connectivity index (χ2v) is 9.74. The Kier molecular flexibility index (Phi) is 5.96. The molecule has 3 heterocycles. The summed E-state index contributed by atoms with van der Waals surface area (Å²) in [5.41, 5.74) is 2.77. The lowest BCUT2D eigenvalue weighted by molar-refractivity contribution is 0.00578. The number of rotatable bonds is 5. The van der Waals surface area contributed by atoms with Crippen molar-refractivity contribution in [3.63, 3.8) is 0 Å². The number of nitrogens with one attached hydrogen (secondary N) is 1. The summed E-state index contributed by atoms with van der Waals surface area (Å²) in [6, 6.07) is 9.21. The van der Waals surface area contributed by atoms with Crippen molar-refractivity contribution in [1.82, 2.24) is 14.8 Å². The van der Waals surface area contributed by atoms with Crippen molar-refractivity contribution in [2.45, 2.75) is 52.4 Å². The number of anilines is 1. The largest absolute Gasteiger partial charge is 0.495 e. The van der Waals surface area contributed by atoms with Gasteiger partial charge in [0.2, 0.25) is 0 Å². The van der Waals surface area contributed by atoms with Crippen molar-refractivity contribution in [3.8, 4) is 0 Å². The van der Waals surface area contributed by atoms with Gasteiger partial charge in [-0.15, -0.1) is 0 Å². The Morgan fingerprint density at radius 3 is 2.39 bits per heavy atom. The predicted octanol–water partition coefficient (Wildman–Crippen LogP) is 2.81. The fraction of sp³-hybridized carbons (Fsp3) is 0.458. The van der Waals surface area contributed by atoms with E-state index in [-0.39, 0.29) is 11.9 Å². The van der Waals surface area contributed by atoms with Gasteiger partial charge in [0.05, 0.1) is 11.2 Å². The average molecular weight is 450 g/mol. The van der Waals surface area contributed by atoms with E-state index >= 15 is 0 Å². The first-order valence-electron chi connectivity index (χ1n) is 11.2. The van der Waals surface area contributed by atoms with Gasteiger partial charge in [0, 0.05) is 38.6 Å². The standard InChI is InChI=1S/C24H31BN4O4/c1-16-18(25-32-23(2,3)24(4,5)33-25)8-7-9-19(16)27-21(30)20-11-10-17(14-26-20)15-29-13-12-28(6)22(29)31/h7-11,14H,12-13,15H2,1-6H3,(H,27,30). The van der Waals surface area contributed by atoms with Crippen LogP contribution in [0.5, 0.6) is 0 Å². The minimum atomic E-state index is -0.503. The van der Waals surface area contributed by atoms with E-state index in [9.17, 15) is 9.59 Å². The number of urea groups is 1. The molecule has 1 N–H and O–H groups in total. The molecule has 2 fully saturated rings. The molecule has 0 atom stereocenters. The highest BCUT2D eigenvalue weighted by Gasteiger charge is 2.52. The normalized spacial score (nSPS) is 19.3. The van der Waals surface area contributed by atoms with Gasteiger partial charge >= 0.3 is 13.1 Å². The summed E-state index contributed by atoms with van der Waals surface area (Å²) < 4.78 is 12.4. The molecule has 0 unspecified atom stereocenters. The Labute approximate surface area is 195 Å². The van der Waals surface area contributed by atoms with E-state index in [4.69, 9.17) is 9.31 Å². The summed E-state index contributed by atoms with van der Waals surface area (Å²) >= 11 is 0. The molecule has 0 bridgehead atoms. The van der Waals surface area contributed by atoms with Crippen molar-refractivity contribution in [3.05, 3.63) is 53.3 Å². The molecule has 0 saturated carbocycles. The van der Waals surface area contributed by atoms with Gasteiger partial charge in [0.1, 0.15) is 5.69 Å². The Hall–Kier alpha value is -2.91. The third-order valence-electron chi connectivity index (χ3n) is 6.86. The van der Waals surface area contributed by atoms with Crippen LogP contribution in [0.15, 0.2) is 36.5 Å². The van der Waals surface area contributed by atoms with Crippen LogP contribution in [-0.4, -0.2) is 65.2 Å². The molecule has 33 heavy (non-hydrogen) atoms. The maximum Gasteiger partial charge on any atom is 0.495 e. The SMILES string of the molecule is Cc1c(NC(=O)c2ccc(CN3CCN(C)C3=O)cn2)cccc1B1OC(C)(C)C(C)(C)O1. The molecular weight excluding hydrogens is 419 g/mol. The molecule has 2 aliphatic heterocycles. The van der Waals surface area contributed by atoms with Gasteiger partial charge in [-0.05, 0) is 63.3 Å². The molecule has 8 nitrogen and oxygen atoms in total. The van der Waals surface area contributed by atoms with Gasteiger partial charge in [-0.25, -0.2) is 4.79 Å². The van der Waals surface area contributed by atoms with Crippen LogP contribution in [0, 0.1) is 6.92 Å². The zero-order valence-electron chi connectivity index (χ0n) is 20.1. The topological polar surface area (TPSA) is 84.0 Å². The first-order valence-corrected chi connectivity index (χ1v) is 11.2. The molecule has 2 saturated heterocycles. The van der Waals surface area contributed by atoms with Gasteiger partial charge in [-0.3, -0.25) is 9.78 Å². The van der Waals surface area contributed by atoms with Gasteiger partial charge in [-0.1, -0.05) is 18.2 Å². The van der Waals surface area contributed by atoms with Gasteiger partial charge in [-0.2, -0.15) is 0 Å². The number of hydrogen-bond acceptors (Lipinski definition) is 5. The Bertz CT molecular complexity index is 1050. The smallest absolute Gasteiger partial charge is 0.399 e. The molecule has 1 aromatic heterocycles. The zero-order valence-corrected chi connectivity index (χ0v) is 20.1. The fourth-order valence-electron chi connectivity index (χ4n) is 3.92. The molecule has 2 aliphatic rings. The van der Waals surface area contributed by atoms with Crippen LogP contribution in [0.2, 0.25) is 0 Å². The summed E-state index contributed by atoms with van der Waals surface area (Å²) in [5, 5.41) is 2.95. The van der Waals surface area contributed by atoms with Crippen molar-refractivity contribution in [2.75, 3.05) is 25.5 Å². The number of pyridine rings is 1. The summed E-state index contributed by atoms with van der Waals surface area (Å²) in [7, 11) is 1.29. The van der Waals surface area contributed by atoms with E-state index in [2.05, 4.69) is 10.3 Å². The molecular formula is C24H31BN4O4. The van der Waals surface area contributed by atoms with Crippen molar-refractivity contribution < 1.29 is 18.9 Å². The first kappa shape index (κ1) is 23.3. The molecule has 2 aromatic rings. The van der Waals surface area contributed by atoms with Gasteiger partial charge in [0.15, 0.2) is 0 Å². The van der Waals surface area contributed by atoms with E-state index in [1.807, 2.05) is 58.9 Å². The summed E-state index contributed by atoms with van der Waals surface area (Å²) in [6.07, 6.45) is 1.65. The molecule has 3 amide bonds. The fourth-order valence-corrected chi connectivity index (χ4v) is 3.92. The number of hydrogen-bond donors (Lipinski definition) is 1. The Morgan fingerprint density at radius 1 is 1.12 bits per heavy atom. The van der Waals surface area contributed by atoms with Crippen LogP contribution in [0.1, 0.15) is 49.3 Å².